The number of aliphatic hydroxyl groups is 1. The van der Waals surface area contributed by atoms with Crippen molar-refractivity contribution in [3.8, 4) is 0 Å². The van der Waals surface area contributed by atoms with Crippen LogP contribution in [0.3, 0.4) is 0 Å². The van der Waals surface area contributed by atoms with Crippen LogP contribution >= 0.6 is 0 Å². The number of hydrogen-bond donors (Lipinski definition) is 2. The van der Waals surface area contributed by atoms with E-state index in [9.17, 15) is 5.11 Å². The van der Waals surface area contributed by atoms with Gasteiger partial charge in [-0.3, -0.25) is 4.99 Å². The summed E-state index contributed by atoms with van der Waals surface area (Å²) in [5.74, 6) is -1.22. The van der Waals surface area contributed by atoms with Gasteiger partial charge in [-0.2, -0.15) is 0 Å². The van der Waals surface area contributed by atoms with E-state index in [1.54, 1.807) is 19.5 Å². The lowest BCUT2D eigenvalue weighted by Crippen LogP contribution is -2.38. The van der Waals surface area contributed by atoms with Crippen molar-refractivity contribution in [3.05, 3.63) is 11.8 Å². The smallest absolute Gasteiger partial charge is 0.189 e. The molecule has 0 amide bonds. The topological polar surface area (TPSA) is 53.9 Å². The highest BCUT2D eigenvalue weighted by Gasteiger charge is 2.32. The molecule has 4 nitrogen and oxygen atoms in total. The number of ether oxygens (including phenoxy) is 1. The van der Waals surface area contributed by atoms with E-state index in [2.05, 4.69) is 10.3 Å². The standard InChI is InChI=1S/C10H18N2O2/c1-4-9-8(6-11-7-12-9)10(3,13)14-5-2/h6-7,9,13H,4-5H2,1-3H3,(H,11,12). The van der Waals surface area contributed by atoms with Crippen molar-refractivity contribution in [2.24, 2.45) is 4.99 Å². The molecule has 0 saturated carbocycles. The maximum absolute atomic E-state index is 10.0. The molecule has 0 fully saturated rings. The average Bonchev–Trinajstić information content (AvgIpc) is 2.18. The van der Waals surface area contributed by atoms with Crippen molar-refractivity contribution in [3.63, 3.8) is 0 Å². The molecule has 1 aliphatic rings. The summed E-state index contributed by atoms with van der Waals surface area (Å²) in [6.07, 6.45) is 4.25. The van der Waals surface area contributed by atoms with Crippen molar-refractivity contribution >= 4 is 6.34 Å². The van der Waals surface area contributed by atoms with E-state index in [0.29, 0.717) is 6.61 Å². The first-order valence-electron chi connectivity index (χ1n) is 4.96. The zero-order chi connectivity index (χ0) is 10.6. The molecule has 0 bridgehead atoms. The van der Waals surface area contributed by atoms with Gasteiger partial charge in [-0.25, -0.2) is 0 Å². The van der Waals surface area contributed by atoms with E-state index in [4.69, 9.17) is 4.74 Å². The molecule has 2 atom stereocenters. The molecular formula is C10H18N2O2. The van der Waals surface area contributed by atoms with Gasteiger partial charge in [-0.1, -0.05) is 6.92 Å². The maximum Gasteiger partial charge on any atom is 0.189 e. The van der Waals surface area contributed by atoms with Crippen LogP contribution < -0.4 is 5.32 Å². The summed E-state index contributed by atoms with van der Waals surface area (Å²) in [5, 5.41) is 12.9. The third-order valence-corrected chi connectivity index (χ3v) is 2.27. The van der Waals surface area contributed by atoms with Crippen LogP contribution in [0.5, 0.6) is 0 Å². The first kappa shape index (κ1) is 11.2. The monoisotopic (exact) mass is 198 g/mol. The Bertz CT molecular complexity index is 247. The van der Waals surface area contributed by atoms with Crippen molar-refractivity contribution in [2.45, 2.75) is 39.0 Å². The quantitative estimate of drug-likeness (QED) is 0.663. The molecule has 1 aliphatic heterocycles. The van der Waals surface area contributed by atoms with Crippen LogP contribution in [0.4, 0.5) is 0 Å². The average molecular weight is 198 g/mol. The number of rotatable bonds is 4. The van der Waals surface area contributed by atoms with Gasteiger partial charge in [0.1, 0.15) is 0 Å². The SMILES string of the molecule is CCOC(C)(O)C1=CNC=NC1CC. The van der Waals surface area contributed by atoms with Crippen LogP contribution in [-0.4, -0.2) is 29.9 Å². The van der Waals surface area contributed by atoms with Gasteiger partial charge in [0.05, 0.1) is 12.4 Å². The minimum absolute atomic E-state index is 0.0119. The predicted molar refractivity (Wildman–Crippen MR) is 56.0 cm³/mol. The normalized spacial score (nSPS) is 25.1. The second-order valence-corrected chi connectivity index (χ2v) is 3.38. The summed E-state index contributed by atoms with van der Waals surface area (Å²) in [6, 6.07) is 0.0119. The molecule has 0 aromatic heterocycles. The Hall–Kier alpha value is -0.870. The van der Waals surface area contributed by atoms with Crippen LogP contribution in [0.25, 0.3) is 0 Å². The first-order valence-corrected chi connectivity index (χ1v) is 4.96. The molecule has 14 heavy (non-hydrogen) atoms. The summed E-state index contributed by atoms with van der Waals surface area (Å²) in [5.41, 5.74) is 0.782. The Morgan fingerprint density at radius 1 is 1.64 bits per heavy atom. The lowest BCUT2D eigenvalue weighted by Gasteiger charge is -2.31. The lowest BCUT2D eigenvalue weighted by atomic mass is 9.98. The molecule has 0 aliphatic carbocycles. The zero-order valence-corrected chi connectivity index (χ0v) is 8.95. The van der Waals surface area contributed by atoms with Crippen LogP contribution in [-0.2, 0) is 4.74 Å². The molecular weight excluding hydrogens is 180 g/mol. The van der Waals surface area contributed by atoms with Gasteiger partial charge in [-0.05, 0) is 20.3 Å². The Labute approximate surface area is 84.7 Å². The van der Waals surface area contributed by atoms with Crippen molar-refractivity contribution in [2.75, 3.05) is 6.61 Å². The van der Waals surface area contributed by atoms with Crippen molar-refractivity contribution < 1.29 is 9.84 Å². The fourth-order valence-electron chi connectivity index (χ4n) is 1.57. The van der Waals surface area contributed by atoms with Gasteiger partial charge >= 0.3 is 0 Å². The first-order chi connectivity index (χ1) is 6.61. The molecule has 0 spiro atoms. The Balaban J connectivity index is 2.79. The van der Waals surface area contributed by atoms with Gasteiger partial charge in [-0.15, -0.1) is 0 Å². The maximum atomic E-state index is 10.0. The fourth-order valence-corrected chi connectivity index (χ4v) is 1.57. The number of nitrogens with one attached hydrogen (secondary N) is 1. The Morgan fingerprint density at radius 2 is 2.36 bits per heavy atom. The van der Waals surface area contributed by atoms with Gasteiger partial charge in [0.2, 0.25) is 0 Å². The van der Waals surface area contributed by atoms with Crippen LogP contribution in [0, 0.1) is 0 Å². The van der Waals surface area contributed by atoms with Gasteiger partial charge in [0, 0.05) is 18.4 Å². The largest absolute Gasteiger partial charge is 0.362 e. The summed E-state index contributed by atoms with van der Waals surface area (Å²) < 4.78 is 5.27. The van der Waals surface area contributed by atoms with Crippen LogP contribution in [0.15, 0.2) is 16.8 Å². The van der Waals surface area contributed by atoms with Crippen molar-refractivity contribution in [1.29, 1.82) is 0 Å². The van der Waals surface area contributed by atoms with E-state index < -0.39 is 5.79 Å². The molecule has 2 unspecified atom stereocenters. The second-order valence-electron chi connectivity index (χ2n) is 3.38. The second kappa shape index (κ2) is 4.57. The summed E-state index contributed by atoms with van der Waals surface area (Å²) >= 11 is 0. The minimum Gasteiger partial charge on any atom is -0.362 e. The Kier molecular flexibility index (Phi) is 3.66. The number of nitrogens with zero attached hydrogens (tertiary/aromatic N) is 1. The highest BCUT2D eigenvalue weighted by molar-refractivity contribution is 5.59. The van der Waals surface area contributed by atoms with Gasteiger partial charge in [0.15, 0.2) is 5.79 Å². The van der Waals surface area contributed by atoms with E-state index in [1.165, 1.54) is 0 Å². The van der Waals surface area contributed by atoms with Gasteiger partial charge in [0.25, 0.3) is 0 Å². The minimum atomic E-state index is -1.22. The predicted octanol–water partition coefficient (Wildman–Crippen LogP) is 1.03. The summed E-state index contributed by atoms with van der Waals surface area (Å²) in [6.45, 7) is 6.01. The molecule has 0 aromatic rings. The van der Waals surface area contributed by atoms with Crippen molar-refractivity contribution in [1.82, 2.24) is 5.32 Å². The molecule has 1 heterocycles. The van der Waals surface area contributed by atoms with E-state index in [0.717, 1.165) is 12.0 Å². The lowest BCUT2D eigenvalue weighted by molar-refractivity contribution is -0.160. The highest BCUT2D eigenvalue weighted by atomic mass is 16.6. The third kappa shape index (κ3) is 2.33. The zero-order valence-electron chi connectivity index (χ0n) is 8.95. The van der Waals surface area contributed by atoms with Gasteiger partial charge < -0.3 is 15.2 Å². The van der Waals surface area contributed by atoms with Crippen LogP contribution in [0.1, 0.15) is 27.2 Å². The summed E-state index contributed by atoms with van der Waals surface area (Å²) in [7, 11) is 0. The van der Waals surface area contributed by atoms with E-state index in [-0.39, 0.29) is 6.04 Å². The van der Waals surface area contributed by atoms with Crippen LogP contribution in [0.2, 0.25) is 0 Å². The molecule has 4 heteroatoms. The fraction of sp³-hybridized carbons (Fsp3) is 0.700. The van der Waals surface area contributed by atoms with E-state index in [1.807, 2.05) is 13.8 Å². The number of aliphatic imine (C=N–C) groups is 1. The third-order valence-electron chi connectivity index (χ3n) is 2.27. The summed E-state index contributed by atoms with van der Waals surface area (Å²) in [4.78, 5) is 4.23. The molecule has 2 N–H and O–H groups in total. The highest BCUT2D eigenvalue weighted by Crippen LogP contribution is 2.25. The molecule has 80 valence electrons. The van der Waals surface area contributed by atoms with E-state index >= 15 is 0 Å². The molecule has 0 radical (unpaired) electrons. The molecule has 0 aromatic carbocycles. The molecule has 0 saturated heterocycles. The Morgan fingerprint density at radius 3 is 2.93 bits per heavy atom. The number of hydrogen-bond acceptors (Lipinski definition) is 4. The molecule has 1 rings (SSSR count).